The van der Waals surface area contributed by atoms with E-state index < -0.39 is 0 Å². The molecule has 0 radical (unpaired) electrons. The number of hydrogen-bond donors (Lipinski definition) is 0. The molecule has 0 saturated carbocycles. The van der Waals surface area contributed by atoms with Crippen LogP contribution in [0.3, 0.4) is 0 Å². The molecule has 0 atom stereocenters. The van der Waals surface area contributed by atoms with Crippen LogP contribution in [0.5, 0.6) is 0 Å². The zero-order valence-corrected chi connectivity index (χ0v) is 12.3. The maximum Gasteiger partial charge on any atom is 0.178 e. The van der Waals surface area contributed by atoms with E-state index in [0.29, 0.717) is 6.54 Å². The lowest BCUT2D eigenvalue weighted by molar-refractivity contribution is 0.0957. The van der Waals surface area contributed by atoms with E-state index in [1.165, 1.54) is 12.1 Å². The molecule has 3 nitrogen and oxygen atoms in total. The van der Waals surface area contributed by atoms with Crippen LogP contribution in [-0.2, 0) is 0 Å². The van der Waals surface area contributed by atoms with Crippen LogP contribution in [0.2, 0.25) is 0 Å². The average molecular weight is 274 g/mol. The SMILES string of the molecule is Cc1cc(C(=O)CN(C)C)c(C)n1-c1ccc(F)cc1. The molecule has 0 aliphatic rings. The van der Waals surface area contributed by atoms with Crippen LogP contribution in [-0.4, -0.2) is 35.9 Å². The number of carbonyl (C=O) groups is 1. The smallest absolute Gasteiger partial charge is 0.178 e. The Morgan fingerprint density at radius 3 is 2.35 bits per heavy atom. The van der Waals surface area contributed by atoms with E-state index >= 15 is 0 Å². The summed E-state index contributed by atoms with van der Waals surface area (Å²) >= 11 is 0. The van der Waals surface area contributed by atoms with Gasteiger partial charge < -0.3 is 9.47 Å². The zero-order chi connectivity index (χ0) is 14.9. The molecule has 0 spiro atoms. The second-order valence-corrected chi connectivity index (χ2v) is 5.26. The molecule has 2 aromatic rings. The summed E-state index contributed by atoms with van der Waals surface area (Å²) in [5.74, 6) is -0.170. The number of benzene rings is 1. The predicted molar refractivity (Wildman–Crippen MR) is 78.1 cm³/mol. The van der Waals surface area contributed by atoms with Gasteiger partial charge in [-0.2, -0.15) is 0 Å². The van der Waals surface area contributed by atoms with Crippen LogP contribution < -0.4 is 0 Å². The van der Waals surface area contributed by atoms with Crippen LogP contribution in [0.25, 0.3) is 5.69 Å². The lowest BCUT2D eigenvalue weighted by atomic mass is 10.1. The average Bonchev–Trinajstić information content (AvgIpc) is 2.66. The minimum atomic E-state index is -0.264. The Bertz CT molecular complexity index is 627. The first-order chi connectivity index (χ1) is 9.40. The summed E-state index contributed by atoms with van der Waals surface area (Å²) < 4.78 is 15.0. The molecule has 0 bridgehead atoms. The van der Waals surface area contributed by atoms with Gasteiger partial charge in [-0.05, 0) is 58.3 Å². The molecule has 0 aliphatic carbocycles. The maximum absolute atomic E-state index is 13.0. The van der Waals surface area contributed by atoms with E-state index in [9.17, 15) is 9.18 Å². The van der Waals surface area contributed by atoms with E-state index in [0.717, 1.165) is 22.6 Å². The van der Waals surface area contributed by atoms with Gasteiger partial charge in [0, 0.05) is 22.6 Å². The number of nitrogens with zero attached hydrogens (tertiary/aromatic N) is 2. The summed E-state index contributed by atoms with van der Waals surface area (Å²) in [6.45, 7) is 4.25. The van der Waals surface area contributed by atoms with Gasteiger partial charge in [-0.1, -0.05) is 0 Å². The zero-order valence-electron chi connectivity index (χ0n) is 12.3. The molecule has 0 unspecified atom stereocenters. The monoisotopic (exact) mass is 274 g/mol. The summed E-state index contributed by atoms with van der Waals surface area (Å²) in [6, 6.07) is 8.18. The van der Waals surface area contributed by atoms with Crippen molar-refractivity contribution in [1.82, 2.24) is 9.47 Å². The van der Waals surface area contributed by atoms with Crippen LogP contribution in [0.15, 0.2) is 30.3 Å². The molecule has 106 valence electrons. The fraction of sp³-hybridized carbons (Fsp3) is 0.312. The minimum Gasteiger partial charge on any atom is -0.318 e. The number of rotatable bonds is 4. The van der Waals surface area contributed by atoms with Gasteiger partial charge in [0.05, 0.1) is 6.54 Å². The fourth-order valence-electron chi connectivity index (χ4n) is 2.40. The third-order valence-corrected chi connectivity index (χ3v) is 3.28. The number of Topliss-reactive ketones (excluding diaryl/α,β-unsaturated/α-hetero) is 1. The summed E-state index contributed by atoms with van der Waals surface area (Å²) in [5.41, 5.74) is 3.45. The van der Waals surface area contributed by atoms with Crippen molar-refractivity contribution in [2.45, 2.75) is 13.8 Å². The lowest BCUT2D eigenvalue weighted by Crippen LogP contribution is -2.22. The number of hydrogen-bond acceptors (Lipinski definition) is 2. The molecular weight excluding hydrogens is 255 g/mol. The van der Waals surface area contributed by atoms with Crippen LogP contribution >= 0.6 is 0 Å². The van der Waals surface area contributed by atoms with Gasteiger partial charge in [-0.3, -0.25) is 4.79 Å². The largest absolute Gasteiger partial charge is 0.318 e. The number of halogens is 1. The van der Waals surface area contributed by atoms with Gasteiger partial charge in [0.1, 0.15) is 5.82 Å². The number of aromatic nitrogens is 1. The van der Waals surface area contributed by atoms with Gasteiger partial charge in [0.25, 0.3) is 0 Å². The predicted octanol–water partition coefficient (Wildman–Crippen LogP) is 2.98. The first-order valence-corrected chi connectivity index (χ1v) is 6.53. The van der Waals surface area contributed by atoms with E-state index in [4.69, 9.17) is 0 Å². The van der Waals surface area contributed by atoms with Crippen molar-refractivity contribution in [3.8, 4) is 5.69 Å². The second-order valence-electron chi connectivity index (χ2n) is 5.26. The molecule has 0 N–H and O–H groups in total. The first kappa shape index (κ1) is 14.5. The highest BCUT2D eigenvalue weighted by molar-refractivity contribution is 5.99. The number of ketones is 1. The summed E-state index contributed by atoms with van der Waals surface area (Å²) in [4.78, 5) is 14.1. The quantitative estimate of drug-likeness (QED) is 0.801. The summed E-state index contributed by atoms with van der Waals surface area (Å²) in [7, 11) is 3.74. The molecule has 0 aliphatic heterocycles. The van der Waals surface area contributed by atoms with Crippen molar-refractivity contribution in [3.63, 3.8) is 0 Å². The van der Waals surface area contributed by atoms with Gasteiger partial charge >= 0.3 is 0 Å². The third kappa shape index (κ3) is 2.80. The van der Waals surface area contributed by atoms with E-state index in [-0.39, 0.29) is 11.6 Å². The number of aryl methyl sites for hydroxylation is 1. The van der Waals surface area contributed by atoms with Crippen molar-refractivity contribution >= 4 is 5.78 Å². The summed E-state index contributed by atoms with van der Waals surface area (Å²) in [5, 5.41) is 0. The Morgan fingerprint density at radius 1 is 1.20 bits per heavy atom. The molecular formula is C16H19FN2O. The molecule has 0 amide bonds. The third-order valence-electron chi connectivity index (χ3n) is 3.28. The maximum atomic E-state index is 13.0. The van der Waals surface area contributed by atoms with Crippen LogP contribution in [0.1, 0.15) is 21.7 Å². The molecule has 20 heavy (non-hydrogen) atoms. The van der Waals surface area contributed by atoms with Crippen molar-refractivity contribution < 1.29 is 9.18 Å². The Kier molecular flexibility index (Phi) is 4.04. The van der Waals surface area contributed by atoms with Crippen LogP contribution in [0, 0.1) is 19.7 Å². The normalized spacial score (nSPS) is 11.1. The molecule has 1 aromatic carbocycles. The van der Waals surface area contributed by atoms with Crippen molar-refractivity contribution in [3.05, 3.63) is 53.1 Å². The highest BCUT2D eigenvalue weighted by atomic mass is 19.1. The number of carbonyl (C=O) groups excluding carboxylic acids is 1. The van der Waals surface area contributed by atoms with Gasteiger partial charge in [0.15, 0.2) is 5.78 Å². The fourth-order valence-corrected chi connectivity index (χ4v) is 2.40. The Labute approximate surface area is 118 Å². The minimum absolute atomic E-state index is 0.0939. The number of likely N-dealkylation sites (N-methyl/N-ethyl adjacent to an activating group) is 1. The first-order valence-electron chi connectivity index (χ1n) is 6.53. The molecule has 2 rings (SSSR count). The molecule has 1 heterocycles. The highest BCUT2D eigenvalue weighted by Gasteiger charge is 2.16. The Morgan fingerprint density at radius 2 is 1.80 bits per heavy atom. The lowest BCUT2D eigenvalue weighted by Gasteiger charge is -2.11. The Balaban J connectivity index is 2.43. The molecule has 4 heteroatoms. The second kappa shape index (κ2) is 5.59. The molecule has 1 aromatic heterocycles. The van der Waals surface area contributed by atoms with Crippen molar-refractivity contribution in [2.24, 2.45) is 0 Å². The van der Waals surface area contributed by atoms with Crippen LogP contribution in [0.4, 0.5) is 4.39 Å². The van der Waals surface area contributed by atoms with Gasteiger partial charge in [-0.15, -0.1) is 0 Å². The Hall–Kier alpha value is -1.94. The van der Waals surface area contributed by atoms with Gasteiger partial charge in [0.2, 0.25) is 0 Å². The molecule has 0 fully saturated rings. The molecule has 0 saturated heterocycles. The topological polar surface area (TPSA) is 25.2 Å². The van der Waals surface area contributed by atoms with Crippen molar-refractivity contribution in [1.29, 1.82) is 0 Å². The van der Waals surface area contributed by atoms with E-state index in [1.807, 2.05) is 43.5 Å². The van der Waals surface area contributed by atoms with Gasteiger partial charge in [-0.25, -0.2) is 4.39 Å². The van der Waals surface area contributed by atoms with E-state index in [1.54, 1.807) is 12.1 Å². The standard InChI is InChI=1S/C16H19FN2O/c1-11-9-15(16(20)10-18(3)4)12(2)19(11)14-7-5-13(17)6-8-14/h5-9H,10H2,1-4H3. The highest BCUT2D eigenvalue weighted by Crippen LogP contribution is 2.21. The summed E-state index contributed by atoms with van der Waals surface area (Å²) in [6.07, 6.45) is 0. The van der Waals surface area contributed by atoms with Crippen molar-refractivity contribution in [2.75, 3.05) is 20.6 Å². The van der Waals surface area contributed by atoms with E-state index in [2.05, 4.69) is 0 Å².